The minimum Gasteiger partial charge on any atom is -0.345 e. The molecule has 0 N–H and O–H groups in total. The van der Waals surface area contributed by atoms with E-state index < -0.39 is 6.43 Å². The summed E-state index contributed by atoms with van der Waals surface area (Å²) in [6.45, 7) is -0.278. The van der Waals surface area contributed by atoms with Crippen LogP contribution in [0.5, 0.6) is 0 Å². The summed E-state index contributed by atoms with van der Waals surface area (Å²) in [5, 5.41) is 2.36. The van der Waals surface area contributed by atoms with E-state index in [1.165, 1.54) is 16.2 Å². The fraction of sp³-hybridized carbons (Fsp3) is 0.500. The maximum Gasteiger partial charge on any atom is 0.255 e. The van der Waals surface area contributed by atoms with Gasteiger partial charge >= 0.3 is 0 Å². The minimum absolute atomic E-state index is 0.278. The molecule has 12 heavy (non-hydrogen) atoms. The van der Waals surface area contributed by atoms with Gasteiger partial charge < -0.3 is 4.90 Å². The van der Waals surface area contributed by atoms with Crippen molar-refractivity contribution in [1.82, 2.24) is 4.98 Å². The molecule has 0 fully saturated rings. The molecule has 0 saturated carbocycles. The monoisotopic (exact) mass is 256 g/mol. The molecule has 1 rings (SSSR count). The van der Waals surface area contributed by atoms with E-state index in [0.29, 0.717) is 9.73 Å². The number of hydrogen-bond donors (Lipinski definition) is 0. The Morgan fingerprint density at radius 2 is 2.42 bits per heavy atom. The van der Waals surface area contributed by atoms with E-state index in [2.05, 4.69) is 20.9 Å². The molecule has 0 bridgehead atoms. The van der Waals surface area contributed by atoms with Crippen molar-refractivity contribution in [3.05, 3.63) is 9.98 Å². The third kappa shape index (κ3) is 2.67. The Labute approximate surface area is 81.3 Å². The molecule has 1 heterocycles. The van der Waals surface area contributed by atoms with Crippen LogP contribution in [0.4, 0.5) is 13.9 Å². The van der Waals surface area contributed by atoms with Gasteiger partial charge in [-0.25, -0.2) is 13.8 Å². The van der Waals surface area contributed by atoms with Gasteiger partial charge in [0.25, 0.3) is 6.43 Å². The van der Waals surface area contributed by atoms with Crippen LogP contribution in [0.25, 0.3) is 0 Å². The topological polar surface area (TPSA) is 16.1 Å². The minimum atomic E-state index is -2.32. The van der Waals surface area contributed by atoms with Crippen molar-refractivity contribution in [2.24, 2.45) is 0 Å². The molecule has 0 aliphatic rings. The standard InChI is InChI=1S/C6H7BrF2N2S/c1-11(2-5(8)9)6-10-4(7)3-12-6/h3,5H,2H2,1H3. The number of aromatic nitrogens is 1. The molecule has 6 heteroatoms. The summed E-state index contributed by atoms with van der Waals surface area (Å²) >= 11 is 4.49. The summed E-state index contributed by atoms with van der Waals surface area (Å²) < 4.78 is 24.5. The SMILES string of the molecule is CN(CC(F)F)c1nc(Br)cs1. The fourth-order valence-corrected chi connectivity index (χ4v) is 1.93. The van der Waals surface area contributed by atoms with Gasteiger partial charge in [0.2, 0.25) is 0 Å². The highest BCUT2D eigenvalue weighted by Crippen LogP contribution is 2.22. The number of nitrogens with zero attached hydrogens (tertiary/aromatic N) is 2. The molecular formula is C6H7BrF2N2S. The molecule has 0 atom stereocenters. The van der Waals surface area contributed by atoms with Crippen LogP contribution < -0.4 is 4.90 Å². The van der Waals surface area contributed by atoms with Gasteiger partial charge in [-0.1, -0.05) is 0 Å². The maximum atomic E-state index is 11.9. The molecule has 0 saturated heterocycles. The van der Waals surface area contributed by atoms with Crippen molar-refractivity contribution < 1.29 is 8.78 Å². The fourth-order valence-electron chi connectivity index (χ4n) is 0.706. The summed E-state index contributed by atoms with van der Waals surface area (Å²) in [4.78, 5) is 5.42. The van der Waals surface area contributed by atoms with E-state index in [-0.39, 0.29) is 6.54 Å². The molecule has 1 aromatic heterocycles. The molecule has 68 valence electrons. The number of rotatable bonds is 3. The van der Waals surface area contributed by atoms with Gasteiger partial charge in [0.05, 0.1) is 6.54 Å². The molecule has 0 amide bonds. The van der Waals surface area contributed by atoms with Crippen LogP contribution in [-0.4, -0.2) is 25.0 Å². The molecular weight excluding hydrogens is 250 g/mol. The van der Waals surface area contributed by atoms with E-state index in [9.17, 15) is 8.78 Å². The summed E-state index contributed by atoms with van der Waals surface area (Å²) in [5.41, 5.74) is 0. The highest BCUT2D eigenvalue weighted by Gasteiger charge is 2.10. The van der Waals surface area contributed by atoms with Gasteiger partial charge in [-0.05, 0) is 15.9 Å². The lowest BCUT2D eigenvalue weighted by Crippen LogP contribution is -2.23. The number of alkyl halides is 2. The van der Waals surface area contributed by atoms with Crippen molar-refractivity contribution in [3.63, 3.8) is 0 Å². The molecule has 0 unspecified atom stereocenters. The van der Waals surface area contributed by atoms with Crippen LogP contribution in [0.1, 0.15) is 0 Å². The third-order valence-corrected chi connectivity index (χ3v) is 2.87. The summed E-state index contributed by atoms with van der Waals surface area (Å²) in [7, 11) is 1.59. The molecule has 0 aliphatic heterocycles. The summed E-state index contributed by atoms with van der Waals surface area (Å²) in [6, 6.07) is 0. The molecule has 0 spiro atoms. The zero-order valence-electron chi connectivity index (χ0n) is 6.30. The van der Waals surface area contributed by atoms with Crippen LogP contribution in [0.15, 0.2) is 9.98 Å². The average Bonchev–Trinajstić information content (AvgIpc) is 2.34. The zero-order valence-corrected chi connectivity index (χ0v) is 8.70. The van der Waals surface area contributed by atoms with Crippen molar-refractivity contribution >= 4 is 32.4 Å². The van der Waals surface area contributed by atoms with Crippen LogP contribution >= 0.6 is 27.3 Å². The first-order valence-electron chi connectivity index (χ1n) is 3.20. The Hall–Kier alpha value is -0.230. The summed E-state index contributed by atoms with van der Waals surface area (Å²) in [6.07, 6.45) is -2.32. The zero-order chi connectivity index (χ0) is 9.14. The van der Waals surface area contributed by atoms with Crippen molar-refractivity contribution in [2.45, 2.75) is 6.43 Å². The molecule has 0 aliphatic carbocycles. The first-order valence-corrected chi connectivity index (χ1v) is 4.87. The highest BCUT2D eigenvalue weighted by molar-refractivity contribution is 9.10. The maximum absolute atomic E-state index is 11.9. The molecule has 0 radical (unpaired) electrons. The second-order valence-corrected chi connectivity index (χ2v) is 3.87. The first kappa shape index (κ1) is 9.85. The van der Waals surface area contributed by atoms with Gasteiger partial charge in [0.15, 0.2) is 5.13 Å². The summed E-state index contributed by atoms with van der Waals surface area (Å²) in [5.74, 6) is 0. The Bertz CT molecular complexity index is 253. The van der Waals surface area contributed by atoms with Crippen molar-refractivity contribution in [3.8, 4) is 0 Å². The number of hydrogen-bond acceptors (Lipinski definition) is 3. The van der Waals surface area contributed by atoms with E-state index in [1.54, 1.807) is 12.4 Å². The molecule has 0 aromatic carbocycles. The van der Waals surface area contributed by atoms with Gasteiger partial charge in [-0.2, -0.15) is 0 Å². The predicted molar refractivity (Wildman–Crippen MR) is 49.1 cm³/mol. The predicted octanol–water partition coefficient (Wildman–Crippen LogP) is 2.61. The quantitative estimate of drug-likeness (QED) is 0.827. The lowest BCUT2D eigenvalue weighted by atomic mass is 10.6. The second-order valence-electron chi connectivity index (χ2n) is 2.22. The Kier molecular flexibility index (Phi) is 3.39. The highest BCUT2D eigenvalue weighted by atomic mass is 79.9. The molecule has 2 nitrogen and oxygen atoms in total. The number of thiazole rings is 1. The number of anilines is 1. The Morgan fingerprint density at radius 3 is 2.83 bits per heavy atom. The van der Waals surface area contributed by atoms with Gasteiger partial charge in [0.1, 0.15) is 4.60 Å². The van der Waals surface area contributed by atoms with Gasteiger partial charge in [-0.3, -0.25) is 0 Å². The van der Waals surface area contributed by atoms with E-state index in [1.807, 2.05) is 0 Å². The lowest BCUT2D eigenvalue weighted by Gasteiger charge is -2.13. The average molecular weight is 257 g/mol. The van der Waals surface area contributed by atoms with E-state index >= 15 is 0 Å². The molecule has 1 aromatic rings. The second kappa shape index (κ2) is 4.13. The van der Waals surface area contributed by atoms with Crippen molar-refractivity contribution in [2.75, 3.05) is 18.5 Å². The van der Waals surface area contributed by atoms with Gasteiger partial charge in [0, 0.05) is 12.4 Å². The van der Waals surface area contributed by atoms with Crippen LogP contribution in [0.2, 0.25) is 0 Å². The first-order chi connectivity index (χ1) is 5.59. The lowest BCUT2D eigenvalue weighted by molar-refractivity contribution is 0.156. The van der Waals surface area contributed by atoms with Gasteiger partial charge in [-0.15, -0.1) is 11.3 Å². The number of halogens is 3. The van der Waals surface area contributed by atoms with Crippen LogP contribution in [-0.2, 0) is 0 Å². The Morgan fingerprint density at radius 1 is 1.75 bits per heavy atom. The van der Waals surface area contributed by atoms with E-state index in [4.69, 9.17) is 0 Å². The third-order valence-electron chi connectivity index (χ3n) is 1.20. The smallest absolute Gasteiger partial charge is 0.255 e. The Balaban J connectivity index is 2.58. The van der Waals surface area contributed by atoms with Crippen molar-refractivity contribution in [1.29, 1.82) is 0 Å². The van der Waals surface area contributed by atoms with Crippen LogP contribution in [0, 0.1) is 0 Å². The van der Waals surface area contributed by atoms with E-state index in [0.717, 1.165) is 0 Å². The normalized spacial score (nSPS) is 10.8. The largest absolute Gasteiger partial charge is 0.345 e. The van der Waals surface area contributed by atoms with Crippen LogP contribution in [0.3, 0.4) is 0 Å².